The van der Waals surface area contributed by atoms with E-state index in [1.807, 2.05) is 42.5 Å². The summed E-state index contributed by atoms with van der Waals surface area (Å²) in [4.78, 5) is 26.9. The highest BCUT2D eigenvalue weighted by Gasteiger charge is 2.40. The molecule has 3 rings (SSSR count). The predicted molar refractivity (Wildman–Crippen MR) is 118 cm³/mol. The lowest BCUT2D eigenvalue weighted by Gasteiger charge is -2.18. The Morgan fingerprint density at radius 1 is 1.14 bits per heavy atom. The molecule has 0 aliphatic carbocycles. The SMILES string of the molecule is CNC(=O)C(C#N)=C1SC(Cc2ccc(Br)cc2)C(=O)N1c1ccc(Br)cc1. The van der Waals surface area contributed by atoms with Gasteiger partial charge in [0.2, 0.25) is 5.91 Å². The minimum absolute atomic E-state index is 0.0675. The maximum absolute atomic E-state index is 13.2. The van der Waals surface area contributed by atoms with E-state index in [2.05, 4.69) is 37.2 Å². The van der Waals surface area contributed by atoms with Crippen molar-refractivity contribution >= 4 is 61.1 Å². The number of halogens is 2. The third-order valence-corrected chi connectivity index (χ3v) is 6.47. The second-order valence-electron chi connectivity index (χ2n) is 5.96. The zero-order chi connectivity index (χ0) is 20.3. The number of benzene rings is 2. The van der Waals surface area contributed by atoms with Crippen molar-refractivity contribution in [2.45, 2.75) is 11.7 Å². The lowest BCUT2D eigenvalue weighted by molar-refractivity contribution is -0.117. The third-order valence-electron chi connectivity index (χ3n) is 4.15. The largest absolute Gasteiger partial charge is 0.354 e. The molecule has 1 unspecified atom stereocenters. The fraction of sp³-hybridized carbons (Fsp3) is 0.150. The van der Waals surface area contributed by atoms with Crippen LogP contribution in [-0.4, -0.2) is 24.1 Å². The summed E-state index contributed by atoms with van der Waals surface area (Å²) in [5, 5.41) is 12.0. The predicted octanol–water partition coefficient (Wildman–Crippen LogP) is 4.38. The molecule has 1 fully saturated rings. The highest BCUT2D eigenvalue weighted by molar-refractivity contribution is 9.10. The zero-order valence-corrected chi connectivity index (χ0v) is 18.8. The summed E-state index contributed by atoms with van der Waals surface area (Å²) in [5.41, 5.74) is 1.55. The van der Waals surface area contributed by atoms with Gasteiger partial charge in [0.15, 0.2) is 0 Å². The van der Waals surface area contributed by atoms with Crippen molar-refractivity contribution in [3.8, 4) is 6.07 Å². The molecule has 2 aromatic carbocycles. The summed E-state index contributed by atoms with van der Waals surface area (Å²) in [6, 6.07) is 16.9. The van der Waals surface area contributed by atoms with Crippen LogP contribution >= 0.6 is 43.6 Å². The molecule has 0 saturated carbocycles. The molecule has 0 spiro atoms. The maximum Gasteiger partial charge on any atom is 0.264 e. The number of nitriles is 1. The number of hydrogen-bond donors (Lipinski definition) is 1. The molecule has 2 aromatic rings. The monoisotopic (exact) mass is 519 g/mol. The van der Waals surface area contributed by atoms with Crippen molar-refractivity contribution in [3.63, 3.8) is 0 Å². The average Bonchev–Trinajstić information content (AvgIpc) is 3.00. The first-order valence-corrected chi connectivity index (χ1v) is 10.8. The Labute approximate surface area is 184 Å². The molecule has 2 amide bonds. The summed E-state index contributed by atoms with van der Waals surface area (Å²) < 4.78 is 1.84. The molecule has 0 radical (unpaired) electrons. The van der Waals surface area contributed by atoms with Gasteiger partial charge in [0, 0.05) is 21.7 Å². The molecule has 5 nitrogen and oxygen atoms in total. The lowest BCUT2D eigenvalue weighted by Crippen LogP contribution is -2.31. The van der Waals surface area contributed by atoms with E-state index in [0.29, 0.717) is 17.1 Å². The van der Waals surface area contributed by atoms with Crippen LogP contribution in [0.1, 0.15) is 5.56 Å². The van der Waals surface area contributed by atoms with Gasteiger partial charge < -0.3 is 5.32 Å². The molecule has 1 N–H and O–H groups in total. The highest BCUT2D eigenvalue weighted by Crippen LogP contribution is 2.42. The first-order valence-electron chi connectivity index (χ1n) is 8.31. The molecule has 1 aliphatic rings. The molecular formula is C20H15Br2N3O2S. The van der Waals surface area contributed by atoms with E-state index in [9.17, 15) is 14.9 Å². The quantitative estimate of drug-likeness (QED) is 0.479. The van der Waals surface area contributed by atoms with Gasteiger partial charge in [-0.1, -0.05) is 55.8 Å². The van der Waals surface area contributed by atoms with Gasteiger partial charge in [0.05, 0.1) is 5.25 Å². The van der Waals surface area contributed by atoms with Crippen LogP contribution in [0.4, 0.5) is 5.69 Å². The Balaban J connectivity index is 2.03. The Kier molecular flexibility index (Phi) is 6.60. The van der Waals surface area contributed by atoms with Crippen molar-refractivity contribution in [2.75, 3.05) is 11.9 Å². The number of likely N-dealkylation sites (N-methyl/N-ethyl adjacent to an activating group) is 1. The molecule has 142 valence electrons. The number of thioether (sulfide) groups is 1. The van der Waals surface area contributed by atoms with Crippen LogP contribution in [0.3, 0.4) is 0 Å². The highest BCUT2D eigenvalue weighted by atomic mass is 79.9. The summed E-state index contributed by atoms with van der Waals surface area (Å²) in [6.07, 6.45) is 0.500. The van der Waals surface area contributed by atoms with Crippen LogP contribution in [0.15, 0.2) is 68.1 Å². The maximum atomic E-state index is 13.2. The molecule has 8 heteroatoms. The number of carbonyl (C=O) groups excluding carboxylic acids is 2. The van der Waals surface area contributed by atoms with Gasteiger partial charge >= 0.3 is 0 Å². The molecule has 1 heterocycles. The van der Waals surface area contributed by atoms with Crippen LogP contribution in [0, 0.1) is 11.3 Å². The van der Waals surface area contributed by atoms with Gasteiger partial charge in [-0.3, -0.25) is 14.5 Å². The first kappa shape index (κ1) is 20.6. The van der Waals surface area contributed by atoms with E-state index in [1.165, 1.54) is 23.7 Å². The Hall–Kier alpha value is -2.08. The average molecular weight is 521 g/mol. The zero-order valence-electron chi connectivity index (χ0n) is 14.8. The number of anilines is 1. The van der Waals surface area contributed by atoms with E-state index in [1.54, 1.807) is 12.1 Å². The van der Waals surface area contributed by atoms with E-state index >= 15 is 0 Å². The van der Waals surface area contributed by atoms with Crippen LogP contribution in [-0.2, 0) is 16.0 Å². The Morgan fingerprint density at radius 3 is 2.25 bits per heavy atom. The van der Waals surface area contributed by atoms with Gasteiger partial charge in [0.25, 0.3) is 5.91 Å². The summed E-state index contributed by atoms with van der Waals surface area (Å²) in [7, 11) is 1.46. The summed E-state index contributed by atoms with van der Waals surface area (Å²) in [6.45, 7) is 0. The topological polar surface area (TPSA) is 73.2 Å². The molecule has 28 heavy (non-hydrogen) atoms. The standard InChI is InChI=1S/C20H15Br2N3O2S/c1-24-18(26)16(11-23)20-25(15-8-6-14(22)7-9-15)19(27)17(28-20)10-12-2-4-13(21)5-3-12/h2-9,17H,10H2,1H3,(H,24,26). The smallest absolute Gasteiger partial charge is 0.264 e. The van der Waals surface area contributed by atoms with Crippen LogP contribution in [0.5, 0.6) is 0 Å². The van der Waals surface area contributed by atoms with Crippen molar-refractivity contribution in [1.82, 2.24) is 5.32 Å². The lowest BCUT2D eigenvalue weighted by atomic mass is 10.1. The fourth-order valence-electron chi connectivity index (χ4n) is 2.77. The van der Waals surface area contributed by atoms with E-state index in [0.717, 1.165) is 14.5 Å². The van der Waals surface area contributed by atoms with E-state index in [4.69, 9.17) is 0 Å². The molecule has 1 atom stereocenters. The number of nitrogens with one attached hydrogen (secondary N) is 1. The minimum atomic E-state index is -0.510. The summed E-state index contributed by atoms with van der Waals surface area (Å²) in [5.74, 6) is -0.661. The van der Waals surface area contributed by atoms with Crippen LogP contribution < -0.4 is 10.2 Å². The molecule has 1 saturated heterocycles. The number of nitrogens with zero attached hydrogens (tertiary/aromatic N) is 2. The van der Waals surface area contributed by atoms with Crippen LogP contribution in [0.25, 0.3) is 0 Å². The number of rotatable bonds is 4. The second kappa shape index (κ2) is 8.95. The van der Waals surface area contributed by atoms with Gasteiger partial charge in [-0.25, -0.2) is 0 Å². The molecular weight excluding hydrogens is 506 g/mol. The number of amides is 2. The minimum Gasteiger partial charge on any atom is -0.354 e. The Bertz CT molecular complexity index is 982. The Morgan fingerprint density at radius 2 is 1.71 bits per heavy atom. The van der Waals surface area contributed by atoms with Crippen molar-refractivity contribution in [3.05, 3.63) is 73.6 Å². The fourth-order valence-corrected chi connectivity index (χ4v) is 4.61. The third kappa shape index (κ3) is 4.32. The van der Waals surface area contributed by atoms with Crippen molar-refractivity contribution < 1.29 is 9.59 Å². The second-order valence-corrected chi connectivity index (χ2v) is 8.98. The summed E-state index contributed by atoms with van der Waals surface area (Å²) >= 11 is 8.04. The molecule has 0 aromatic heterocycles. The van der Waals surface area contributed by atoms with Crippen molar-refractivity contribution in [2.24, 2.45) is 0 Å². The van der Waals surface area contributed by atoms with Gasteiger partial charge in [-0.15, -0.1) is 0 Å². The molecule has 0 bridgehead atoms. The molecule has 1 aliphatic heterocycles. The van der Waals surface area contributed by atoms with E-state index < -0.39 is 11.2 Å². The first-order chi connectivity index (χ1) is 13.4. The van der Waals surface area contributed by atoms with Crippen LogP contribution in [0.2, 0.25) is 0 Å². The van der Waals surface area contributed by atoms with Gasteiger partial charge in [-0.05, 0) is 48.4 Å². The van der Waals surface area contributed by atoms with Crippen molar-refractivity contribution in [1.29, 1.82) is 5.26 Å². The number of hydrogen-bond acceptors (Lipinski definition) is 4. The normalized spacial score (nSPS) is 18.0. The van der Waals surface area contributed by atoms with Gasteiger partial charge in [0.1, 0.15) is 16.7 Å². The van der Waals surface area contributed by atoms with Gasteiger partial charge in [-0.2, -0.15) is 5.26 Å². The van der Waals surface area contributed by atoms with E-state index in [-0.39, 0.29) is 11.5 Å². The number of carbonyl (C=O) groups is 2.